The molecule has 12 unspecified atom stereocenters. The van der Waals surface area contributed by atoms with Crippen LogP contribution in [0.5, 0.6) is 0 Å². The molecule has 1 amide bonds. The minimum Gasteiger partial charge on any atom is -0.394 e. The number of unbranched alkanes of at least 4 members (excludes halogenated alkanes) is 37. The van der Waals surface area contributed by atoms with Crippen LogP contribution in [0.2, 0.25) is 0 Å². The molecule has 9 N–H and O–H groups in total. The number of hydrogen-bond donors (Lipinski definition) is 9. The first-order valence-electron chi connectivity index (χ1n) is 33.2. The molecule has 0 bridgehead atoms. The number of amides is 1. The number of aliphatic hydroxyl groups is 8. The highest BCUT2D eigenvalue weighted by molar-refractivity contribution is 5.76. The fourth-order valence-corrected chi connectivity index (χ4v) is 11.0. The van der Waals surface area contributed by atoms with Gasteiger partial charge in [0.1, 0.15) is 48.8 Å². The van der Waals surface area contributed by atoms with Crippen molar-refractivity contribution in [2.45, 2.75) is 357 Å². The Bertz CT molecular complexity index is 1480. The van der Waals surface area contributed by atoms with Gasteiger partial charge in [0, 0.05) is 6.42 Å². The average molecular weight is 1140 g/mol. The van der Waals surface area contributed by atoms with E-state index in [0.29, 0.717) is 6.42 Å². The second kappa shape index (κ2) is 51.6. The molecular weight excluding hydrogens is 1010 g/mol. The zero-order valence-corrected chi connectivity index (χ0v) is 50.8. The van der Waals surface area contributed by atoms with E-state index in [2.05, 4.69) is 43.5 Å². The summed E-state index contributed by atoms with van der Waals surface area (Å²) < 4.78 is 22.8. The maximum atomic E-state index is 13.3. The normalized spacial score (nSPS) is 24.4. The van der Waals surface area contributed by atoms with Crippen LogP contribution in [0, 0.1) is 0 Å². The smallest absolute Gasteiger partial charge is 0.220 e. The predicted molar refractivity (Wildman–Crippen MR) is 323 cm³/mol. The molecule has 2 saturated heterocycles. The third kappa shape index (κ3) is 36.1. The first kappa shape index (κ1) is 74.3. The van der Waals surface area contributed by atoms with Crippen LogP contribution in [0.3, 0.4) is 0 Å². The molecule has 470 valence electrons. The molecule has 14 nitrogen and oxygen atoms in total. The van der Waals surface area contributed by atoms with E-state index in [-0.39, 0.29) is 18.9 Å². The molecule has 14 heteroatoms. The molecule has 0 radical (unpaired) electrons. The van der Waals surface area contributed by atoms with Gasteiger partial charge >= 0.3 is 0 Å². The fraction of sp³-hybridized carbons (Fsp3) is 0.894. The lowest BCUT2D eigenvalue weighted by Gasteiger charge is -2.46. The van der Waals surface area contributed by atoms with Crippen molar-refractivity contribution in [3.8, 4) is 0 Å². The quantitative estimate of drug-likeness (QED) is 0.0204. The Hall–Kier alpha value is -1.79. The van der Waals surface area contributed by atoms with Crippen molar-refractivity contribution in [2.75, 3.05) is 19.8 Å². The van der Waals surface area contributed by atoms with Crippen molar-refractivity contribution in [1.82, 2.24) is 5.32 Å². The summed E-state index contributed by atoms with van der Waals surface area (Å²) in [6, 6.07) is -0.918. The third-order valence-electron chi connectivity index (χ3n) is 16.3. The second-order valence-corrected chi connectivity index (χ2v) is 23.6. The third-order valence-corrected chi connectivity index (χ3v) is 16.3. The van der Waals surface area contributed by atoms with E-state index < -0.39 is 86.8 Å². The summed E-state index contributed by atoms with van der Waals surface area (Å²) in [5, 5.41) is 87.3. The Morgan fingerprint density at radius 2 is 0.825 bits per heavy atom. The zero-order chi connectivity index (χ0) is 58.1. The Morgan fingerprint density at radius 1 is 0.450 bits per heavy atom. The van der Waals surface area contributed by atoms with Crippen LogP contribution in [0.4, 0.5) is 0 Å². The molecule has 2 rings (SSSR count). The maximum absolute atomic E-state index is 13.3. The van der Waals surface area contributed by atoms with Crippen LogP contribution in [0.25, 0.3) is 0 Å². The van der Waals surface area contributed by atoms with Crippen LogP contribution >= 0.6 is 0 Å². The van der Waals surface area contributed by atoms with Crippen LogP contribution < -0.4 is 5.32 Å². The van der Waals surface area contributed by atoms with Gasteiger partial charge in [0.2, 0.25) is 5.91 Å². The van der Waals surface area contributed by atoms with Crippen molar-refractivity contribution in [3.63, 3.8) is 0 Å². The molecule has 2 aliphatic rings. The van der Waals surface area contributed by atoms with E-state index in [9.17, 15) is 45.6 Å². The van der Waals surface area contributed by atoms with Crippen molar-refractivity contribution in [1.29, 1.82) is 0 Å². The van der Waals surface area contributed by atoms with Gasteiger partial charge in [-0.1, -0.05) is 262 Å². The Balaban J connectivity index is 1.71. The molecule has 0 aliphatic carbocycles. The number of nitrogens with one attached hydrogen (secondary N) is 1. The summed E-state index contributed by atoms with van der Waals surface area (Å²) in [4.78, 5) is 13.3. The van der Waals surface area contributed by atoms with Gasteiger partial charge in [-0.3, -0.25) is 4.79 Å². The van der Waals surface area contributed by atoms with Gasteiger partial charge in [0.25, 0.3) is 0 Å². The van der Waals surface area contributed by atoms with E-state index in [1.807, 2.05) is 6.08 Å². The standard InChI is InChI=1S/C66H123NO13/c1-3-5-7-9-11-13-15-17-19-21-23-24-25-26-27-28-29-30-32-33-35-37-39-41-43-45-47-49-55(70)54(67-58(71)50-48-46-44-42-40-38-36-34-31-22-20-18-16-14-12-10-8-6-4-2)53-77-65-63(76)61(74)64(57(52-69)79-65)80-66-62(75)60(73)59(72)56(51-68)78-66/h12,14,18,20,47,49,54-57,59-66,68-70,72-76H,3-11,13,15-17,19,21-46,48,50-53H2,1-2H3,(H,67,71)/b14-12-,20-18-,49-47+. The summed E-state index contributed by atoms with van der Waals surface area (Å²) >= 11 is 0. The van der Waals surface area contributed by atoms with Gasteiger partial charge in [-0.05, 0) is 51.4 Å². The fourth-order valence-electron chi connectivity index (χ4n) is 11.0. The van der Waals surface area contributed by atoms with E-state index in [4.69, 9.17) is 18.9 Å². The zero-order valence-electron chi connectivity index (χ0n) is 50.8. The van der Waals surface area contributed by atoms with Gasteiger partial charge in [-0.2, -0.15) is 0 Å². The number of hydrogen-bond acceptors (Lipinski definition) is 13. The molecule has 0 spiro atoms. The Morgan fingerprint density at radius 3 is 1.27 bits per heavy atom. The maximum Gasteiger partial charge on any atom is 0.220 e. The topological polar surface area (TPSA) is 228 Å². The van der Waals surface area contributed by atoms with Gasteiger partial charge in [0.15, 0.2) is 12.6 Å². The molecule has 2 fully saturated rings. The van der Waals surface area contributed by atoms with E-state index in [0.717, 1.165) is 51.4 Å². The van der Waals surface area contributed by atoms with Crippen LogP contribution in [0.15, 0.2) is 36.5 Å². The number of carbonyl (C=O) groups is 1. The molecule has 80 heavy (non-hydrogen) atoms. The van der Waals surface area contributed by atoms with Gasteiger partial charge in [0.05, 0.1) is 32.0 Å². The van der Waals surface area contributed by atoms with E-state index >= 15 is 0 Å². The summed E-state index contributed by atoms with van der Waals surface area (Å²) in [7, 11) is 0. The SMILES string of the molecule is CCCCC/C=C\C/C=C\CCCCCCCCCCCC(=O)NC(COC1OC(CO)C(OC2OC(CO)C(O)C(O)C2O)C(O)C1O)C(O)/C=C/CCCCCCCCCCCCCCCCCCCCCCCCCCC. The second-order valence-electron chi connectivity index (χ2n) is 23.6. The van der Waals surface area contributed by atoms with Crippen LogP contribution in [-0.4, -0.2) is 140 Å². The lowest BCUT2D eigenvalue weighted by Crippen LogP contribution is -2.65. The van der Waals surface area contributed by atoms with Crippen molar-refractivity contribution >= 4 is 5.91 Å². The molecule has 2 aliphatic heterocycles. The lowest BCUT2D eigenvalue weighted by atomic mass is 9.97. The lowest BCUT2D eigenvalue weighted by molar-refractivity contribution is -0.359. The molecule has 0 aromatic rings. The highest BCUT2D eigenvalue weighted by Crippen LogP contribution is 2.30. The molecule has 0 saturated carbocycles. The largest absolute Gasteiger partial charge is 0.394 e. The first-order valence-corrected chi connectivity index (χ1v) is 33.2. The number of allylic oxidation sites excluding steroid dienone is 5. The summed E-state index contributed by atoms with van der Waals surface area (Å²) in [5.74, 6) is -0.241. The highest BCUT2D eigenvalue weighted by atomic mass is 16.7. The Kier molecular flexibility index (Phi) is 47.9. The number of ether oxygens (including phenoxy) is 4. The Labute approximate surface area is 487 Å². The van der Waals surface area contributed by atoms with Crippen LogP contribution in [0.1, 0.15) is 284 Å². The minimum atomic E-state index is -1.79. The van der Waals surface area contributed by atoms with Gasteiger partial charge < -0.3 is 65.1 Å². The van der Waals surface area contributed by atoms with Gasteiger partial charge in [-0.25, -0.2) is 0 Å². The van der Waals surface area contributed by atoms with Crippen LogP contribution in [-0.2, 0) is 23.7 Å². The molecule has 2 heterocycles. The first-order chi connectivity index (χ1) is 39.1. The minimum absolute atomic E-state index is 0.241. The van der Waals surface area contributed by atoms with Crippen molar-refractivity contribution in [3.05, 3.63) is 36.5 Å². The van der Waals surface area contributed by atoms with Crippen molar-refractivity contribution in [2.24, 2.45) is 0 Å². The molecule has 12 atom stereocenters. The van der Waals surface area contributed by atoms with E-state index in [1.165, 1.54) is 205 Å². The molecule has 0 aromatic carbocycles. The summed E-state index contributed by atoms with van der Waals surface area (Å²) in [6.45, 7) is 2.80. The number of aliphatic hydroxyl groups excluding tert-OH is 8. The highest BCUT2D eigenvalue weighted by Gasteiger charge is 2.51. The summed E-state index contributed by atoms with van der Waals surface area (Å²) in [5.41, 5.74) is 0. The van der Waals surface area contributed by atoms with Gasteiger partial charge in [-0.15, -0.1) is 0 Å². The molecular formula is C66H123NO13. The monoisotopic (exact) mass is 1140 g/mol. The number of rotatable bonds is 54. The average Bonchev–Trinajstić information content (AvgIpc) is 3.48. The van der Waals surface area contributed by atoms with Crippen molar-refractivity contribution < 1.29 is 64.6 Å². The predicted octanol–water partition coefficient (Wildman–Crippen LogP) is 12.6. The molecule has 0 aromatic heterocycles. The summed E-state index contributed by atoms with van der Waals surface area (Å²) in [6.07, 6.45) is 47.6. The van der Waals surface area contributed by atoms with E-state index in [1.54, 1.807) is 6.08 Å². The number of carbonyl (C=O) groups excluding carboxylic acids is 1.